The SMILES string of the molecule is CCNC1CCN(c2ccc(C(F)(F)F)cc2)C1. The predicted molar refractivity (Wildman–Crippen MR) is 65.7 cm³/mol. The zero-order valence-electron chi connectivity index (χ0n) is 10.3. The fraction of sp³-hybridized carbons (Fsp3) is 0.538. The number of hydrogen-bond donors (Lipinski definition) is 1. The number of halogens is 3. The highest BCUT2D eigenvalue weighted by atomic mass is 19.4. The summed E-state index contributed by atoms with van der Waals surface area (Å²) in [4.78, 5) is 2.12. The summed E-state index contributed by atoms with van der Waals surface area (Å²) < 4.78 is 37.3. The number of rotatable bonds is 3. The molecule has 2 nitrogen and oxygen atoms in total. The van der Waals surface area contributed by atoms with Crippen LogP contribution in [0.1, 0.15) is 18.9 Å². The molecule has 0 saturated carbocycles. The monoisotopic (exact) mass is 258 g/mol. The van der Waals surface area contributed by atoms with E-state index in [2.05, 4.69) is 17.1 Å². The van der Waals surface area contributed by atoms with Gasteiger partial charge in [-0.1, -0.05) is 6.92 Å². The van der Waals surface area contributed by atoms with E-state index in [1.165, 1.54) is 0 Å². The second-order valence-corrected chi connectivity index (χ2v) is 4.53. The lowest BCUT2D eigenvalue weighted by molar-refractivity contribution is -0.137. The van der Waals surface area contributed by atoms with E-state index < -0.39 is 11.7 Å². The van der Waals surface area contributed by atoms with E-state index in [1.807, 2.05) is 0 Å². The van der Waals surface area contributed by atoms with Gasteiger partial charge in [0.15, 0.2) is 0 Å². The predicted octanol–water partition coefficient (Wildman–Crippen LogP) is 2.89. The molecular formula is C13H17F3N2. The third-order valence-corrected chi connectivity index (χ3v) is 3.24. The largest absolute Gasteiger partial charge is 0.416 e. The van der Waals surface area contributed by atoms with Gasteiger partial charge in [-0.05, 0) is 37.2 Å². The lowest BCUT2D eigenvalue weighted by Gasteiger charge is -2.19. The molecule has 1 atom stereocenters. The minimum Gasteiger partial charge on any atom is -0.370 e. The highest BCUT2D eigenvalue weighted by molar-refractivity contribution is 5.49. The van der Waals surface area contributed by atoms with Crippen LogP contribution < -0.4 is 10.2 Å². The van der Waals surface area contributed by atoms with E-state index >= 15 is 0 Å². The normalized spacial score (nSPS) is 20.4. The first-order chi connectivity index (χ1) is 8.50. The molecule has 1 aliphatic rings. The molecule has 2 rings (SSSR count). The van der Waals surface area contributed by atoms with Crippen LogP contribution in [-0.4, -0.2) is 25.7 Å². The van der Waals surface area contributed by atoms with Gasteiger partial charge in [-0.25, -0.2) is 0 Å². The zero-order valence-corrected chi connectivity index (χ0v) is 10.3. The molecule has 1 saturated heterocycles. The van der Waals surface area contributed by atoms with Crippen LogP contribution in [0.3, 0.4) is 0 Å². The van der Waals surface area contributed by atoms with Crippen molar-refractivity contribution < 1.29 is 13.2 Å². The van der Waals surface area contributed by atoms with Gasteiger partial charge >= 0.3 is 6.18 Å². The Morgan fingerprint density at radius 1 is 1.28 bits per heavy atom. The van der Waals surface area contributed by atoms with Crippen molar-refractivity contribution in [1.82, 2.24) is 5.32 Å². The smallest absolute Gasteiger partial charge is 0.370 e. The van der Waals surface area contributed by atoms with Crippen molar-refractivity contribution in [2.75, 3.05) is 24.5 Å². The van der Waals surface area contributed by atoms with Crippen LogP contribution in [0.5, 0.6) is 0 Å². The second-order valence-electron chi connectivity index (χ2n) is 4.53. The number of benzene rings is 1. The van der Waals surface area contributed by atoms with Crippen LogP contribution in [0.4, 0.5) is 18.9 Å². The molecule has 0 aromatic heterocycles. The Balaban J connectivity index is 2.03. The van der Waals surface area contributed by atoms with E-state index in [-0.39, 0.29) is 0 Å². The summed E-state index contributed by atoms with van der Waals surface area (Å²) in [5, 5.41) is 3.36. The van der Waals surface area contributed by atoms with E-state index in [1.54, 1.807) is 12.1 Å². The van der Waals surface area contributed by atoms with Crippen molar-refractivity contribution in [3.05, 3.63) is 29.8 Å². The Labute approximate surface area is 105 Å². The molecule has 0 radical (unpaired) electrons. The third-order valence-electron chi connectivity index (χ3n) is 3.24. The maximum absolute atomic E-state index is 12.4. The van der Waals surface area contributed by atoms with Crippen molar-refractivity contribution >= 4 is 5.69 Å². The van der Waals surface area contributed by atoms with Gasteiger partial charge in [0, 0.05) is 24.8 Å². The standard InChI is InChI=1S/C13H17F3N2/c1-2-17-11-7-8-18(9-11)12-5-3-10(4-6-12)13(14,15)16/h3-6,11,17H,2,7-9H2,1H3. The van der Waals surface area contributed by atoms with Crippen LogP contribution in [0.15, 0.2) is 24.3 Å². The quantitative estimate of drug-likeness (QED) is 0.896. The molecule has 100 valence electrons. The van der Waals surface area contributed by atoms with Gasteiger partial charge < -0.3 is 10.2 Å². The Morgan fingerprint density at radius 3 is 2.50 bits per heavy atom. The molecule has 1 heterocycles. The highest BCUT2D eigenvalue weighted by Crippen LogP contribution is 2.31. The van der Waals surface area contributed by atoms with Gasteiger partial charge in [0.25, 0.3) is 0 Å². The van der Waals surface area contributed by atoms with Crippen LogP contribution in [0.2, 0.25) is 0 Å². The molecule has 0 amide bonds. The number of hydrogen-bond acceptors (Lipinski definition) is 2. The first-order valence-electron chi connectivity index (χ1n) is 6.16. The number of nitrogens with zero attached hydrogens (tertiary/aromatic N) is 1. The lowest BCUT2D eigenvalue weighted by atomic mass is 10.2. The van der Waals surface area contributed by atoms with Crippen LogP contribution in [0, 0.1) is 0 Å². The summed E-state index contributed by atoms with van der Waals surface area (Å²) in [7, 11) is 0. The number of anilines is 1. The molecule has 1 N–H and O–H groups in total. The molecule has 0 bridgehead atoms. The van der Waals surface area contributed by atoms with Crippen molar-refractivity contribution in [2.45, 2.75) is 25.6 Å². The first kappa shape index (κ1) is 13.2. The molecule has 1 aliphatic heterocycles. The number of likely N-dealkylation sites (N-methyl/N-ethyl adjacent to an activating group) is 1. The molecule has 1 aromatic rings. The van der Waals surface area contributed by atoms with Gasteiger partial charge in [0.2, 0.25) is 0 Å². The second kappa shape index (κ2) is 5.18. The number of alkyl halides is 3. The summed E-state index contributed by atoms with van der Waals surface area (Å²) in [6.45, 7) is 4.73. The Kier molecular flexibility index (Phi) is 3.80. The van der Waals surface area contributed by atoms with Crippen LogP contribution >= 0.6 is 0 Å². The van der Waals surface area contributed by atoms with Gasteiger partial charge in [0.05, 0.1) is 5.56 Å². The van der Waals surface area contributed by atoms with Crippen molar-refractivity contribution in [2.24, 2.45) is 0 Å². The van der Waals surface area contributed by atoms with E-state index in [4.69, 9.17) is 0 Å². The maximum atomic E-state index is 12.4. The average molecular weight is 258 g/mol. The Morgan fingerprint density at radius 2 is 1.94 bits per heavy atom. The molecule has 5 heteroatoms. The molecule has 1 fully saturated rings. The fourth-order valence-corrected chi connectivity index (χ4v) is 2.31. The van der Waals surface area contributed by atoms with Gasteiger partial charge in [0.1, 0.15) is 0 Å². The summed E-state index contributed by atoms with van der Waals surface area (Å²) in [6, 6.07) is 5.84. The topological polar surface area (TPSA) is 15.3 Å². The minimum atomic E-state index is -4.25. The first-order valence-corrected chi connectivity index (χ1v) is 6.16. The Hall–Kier alpha value is -1.23. The summed E-state index contributed by atoms with van der Waals surface area (Å²) >= 11 is 0. The average Bonchev–Trinajstić information content (AvgIpc) is 2.77. The maximum Gasteiger partial charge on any atom is 0.416 e. The van der Waals surface area contributed by atoms with Gasteiger partial charge in [-0.2, -0.15) is 13.2 Å². The lowest BCUT2D eigenvalue weighted by Crippen LogP contribution is -2.32. The third kappa shape index (κ3) is 2.96. The molecule has 1 aromatic carbocycles. The van der Waals surface area contributed by atoms with Crippen molar-refractivity contribution in [3.8, 4) is 0 Å². The summed E-state index contributed by atoms with van der Waals surface area (Å²) in [6.07, 6.45) is -3.22. The van der Waals surface area contributed by atoms with Gasteiger partial charge in [-0.15, -0.1) is 0 Å². The molecule has 18 heavy (non-hydrogen) atoms. The van der Waals surface area contributed by atoms with Crippen molar-refractivity contribution in [1.29, 1.82) is 0 Å². The van der Waals surface area contributed by atoms with Crippen molar-refractivity contribution in [3.63, 3.8) is 0 Å². The molecular weight excluding hydrogens is 241 g/mol. The number of nitrogens with one attached hydrogen (secondary N) is 1. The van der Waals surface area contributed by atoms with Gasteiger partial charge in [-0.3, -0.25) is 0 Å². The van der Waals surface area contributed by atoms with E-state index in [0.717, 1.165) is 43.9 Å². The molecule has 0 spiro atoms. The van der Waals surface area contributed by atoms with E-state index in [0.29, 0.717) is 6.04 Å². The summed E-state index contributed by atoms with van der Waals surface area (Å²) in [5.74, 6) is 0. The van der Waals surface area contributed by atoms with Crippen LogP contribution in [0.25, 0.3) is 0 Å². The summed E-state index contributed by atoms with van der Waals surface area (Å²) in [5.41, 5.74) is 0.275. The Bertz CT molecular complexity index is 386. The highest BCUT2D eigenvalue weighted by Gasteiger charge is 2.30. The minimum absolute atomic E-state index is 0.442. The zero-order chi connectivity index (χ0) is 13.2. The molecule has 0 aliphatic carbocycles. The van der Waals surface area contributed by atoms with Crippen LogP contribution in [-0.2, 0) is 6.18 Å². The van der Waals surface area contributed by atoms with E-state index in [9.17, 15) is 13.2 Å². The molecule has 1 unspecified atom stereocenters. The fourth-order valence-electron chi connectivity index (χ4n) is 2.31.